The number of ether oxygens (including phenoxy) is 1. The van der Waals surface area contributed by atoms with Gasteiger partial charge in [-0.05, 0) is 13.8 Å². The topological polar surface area (TPSA) is 53.1 Å². The van der Waals surface area contributed by atoms with Gasteiger partial charge < -0.3 is 15.0 Å². The SMILES string of the molecule is C=C(C)COCCn1cncc1[C@H](C)N. The van der Waals surface area contributed by atoms with E-state index in [-0.39, 0.29) is 6.04 Å². The molecule has 0 radical (unpaired) electrons. The Hall–Kier alpha value is -1.13. The van der Waals surface area contributed by atoms with Gasteiger partial charge in [0, 0.05) is 18.8 Å². The molecule has 4 heteroatoms. The van der Waals surface area contributed by atoms with Crippen LogP contribution in [0.3, 0.4) is 0 Å². The lowest BCUT2D eigenvalue weighted by Crippen LogP contribution is -2.14. The molecule has 0 amide bonds. The van der Waals surface area contributed by atoms with Gasteiger partial charge in [-0.25, -0.2) is 4.98 Å². The van der Waals surface area contributed by atoms with Crippen LogP contribution in [0.4, 0.5) is 0 Å². The molecule has 0 aliphatic heterocycles. The van der Waals surface area contributed by atoms with Gasteiger partial charge in [0.05, 0.1) is 25.2 Å². The van der Waals surface area contributed by atoms with Crippen molar-refractivity contribution >= 4 is 0 Å². The van der Waals surface area contributed by atoms with Crippen molar-refractivity contribution in [3.05, 3.63) is 30.4 Å². The normalized spacial score (nSPS) is 12.7. The van der Waals surface area contributed by atoms with Crippen LogP contribution in [-0.2, 0) is 11.3 Å². The van der Waals surface area contributed by atoms with Gasteiger partial charge >= 0.3 is 0 Å². The third-order valence-electron chi connectivity index (χ3n) is 2.04. The maximum Gasteiger partial charge on any atom is 0.0949 e. The molecule has 0 aromatic carbocycles. The number of rotatable bonds is 6. The lowest BCUT2D eigenvalue weighted by molar-refractivity contribution is 0.146. The molecule has 1 rings (SSSR count). The van der Waals surface area contributed by atoms with Crippen LogP contribution in [0, 0.1) is 0 Å². The van der Waals surface area contributed by atoms with Crippen LogP contribution in [0.5, 0.6) is 0 Å². The van der Waals surface area contributed by atoms with Crippen LogP contribution in [0.25, 0.3) is 0 Å². The molecule has 15 heavy (non-hydrogen) atoms. The highest BCUT2D eigenvalue weighted by atomic mass is 16.5. The van der Waals surface area contributed by atoms with Gasteiger partial charge in [-0.15, -0.1) is 0 Å². The van der Waals surface area contributed by atoms with Gasteiger partial charge in [0.2, 0.25) is 0 Å². The molecular formula is C11H19N3O. The standard InChI is InChI=1S/C11H19N3O/c1-9(2)7-15-5-4-14-8-13-6-11(14)10(3)12/h6,8,10H,1,4-5,7,12H2,2-3H3/t10-/m0/s1. The van der Waals surface area contributed by atoms with Crippen molar-refractivity contribution < 1.29 is 4.74 Å². The molecule has 1 atom stereocenters. The summed E-state index contributed by atoms with van der Waals surface area (Å²) in [5.74, 6) is 0. The molecule has 84 valence electrons. The third kappa shape index (κ3) is 3.85. The minimum Gasteiger partial charge on any atom is -0.375 e. The Morgan fingerprint density at radius 2 is 2.47 bits per heavy atom. The van der Waals surface area contributed by atoms with E-state index in [1.807, 2.05) is 18.4 Å². The molecule has 1 aromatic heterocycles. The van der Waals surface area contributed by atoms with E-state index in [4.69, 9.17) is 10.5 Å². The first-order chi connectivity index (χ1) is 7.11. The van der Waals surface area contributed by atoms with Crippen molar-refractivity contribution in [2.45, 2.75) is 26.4 Å². The lowest BCUT2D eigenvalue weighted by Gasteiger charge is -2.10. The molecule has 1 aromatic rings. The Morgan fingerprint density at radius 3 is 3.07 bits per heavy atom. The molecule has 4 nitrogen and oxygen atoms in total. The van der Waals surface area contributed by atoms with Crippen molar-refractivity contribution in [3.8, 4) is 0 Å². The summed E-state index contributed by atoms with van der Waals surface area (Å²) in [6.45, 7) is 9.72. The van der Waals surface area contributed by atoms with Crippen LogP contribution < -0.4 is 5.73 Å². The van der Waals surface area contributed by atoms with E-state index < -0.39 is 0 Å². The number of hydrogen-bond donors (Lipinski definition) is 1. The van der Waals surface area contributed by atoms with E-state index in [2.05, 4.69) is 11.6 Å². The van der Waals surface area contributed by atoms with E-state index in [1.54, 1.807) is 12.5 Å². The largest absolute Gasteiger partial charge is 0.375 e. The first-order valence-corrected chi connectivity index (χ1v) is 5.09. The summed E-state index contributed by atoms with van der Waals surface area (Å²) in [5, 5.41) is 0. The Morgan fingerprint density at radius 1 is 1.73 bits per heavy atom. The number of imidazole rings is 1. The van der Waals surface area contributed by atoms with E-state index in [0.29, 0.717) is 13.2 Å². The minimum atomic E-state index is 0.00800. The fourth-order valence-electron chi connectivity index (χ4n) is 1.31. The number of hydrogen-bond acceptors (Lipinski definition) is 3. The van der Waals surface area contributed by atoms with Gasteiger partial charge in [-0.3, -0.25) is 0 Å². The summed E-state index contributed by atoms with van der Waals surface area (Å²) in [6, 6.07) is 0.00800. The molecule has 0 aliphatic rings. The second kappa shape index (κ2) is 5.68. The molecule has 0 fully saturated rings. The van der Waals surface area contributed by atoms with Gasteiger partial charge in [-0.2, -0.15) is 0 Å². The van der Waals surface area contributed by atoms with E-state index in [9.17, 15) is 0 Å². The van der Waals surface area contributed by atoms with E-state index in [0.717, 1.165) is 17.8 Å². The molecule has 1 heterocycles. The van der Waals surface area contributed by atoms with Crippen molar-refractivity contribution in [1.29, 1.82) is 0 Å². The fraction of sp³-hybridized carbons (Fsp3) is 0.545. The van der Waals surface area contributed by atoms with Crippen molar-refractivity contribution in [2.75, 3.05) is 13.2 Å². The van der Waals surface area contributed by atoms with Gasteiger partial charge in [-0.1, -0.05) is 12.2 Å². The Balaban J connectivity index is 2.37. The maximum atomic E-state index is 5.80. The average Bonchev–Trinajstić information content (AvgIpc) is 2.60. The van der Waals surface area contributed by atoms with E-state index >= 15 is 0 Å². The summed E-state index contributed by atoms with van der Waals surface area (Å²) < 4.78 is 7.43. The molecule has 0 unspecified atom stereocenters. The van der Waals surface area contributed by atoms with Crippen LogP contribution >= 0.6 is 0 Å². The van der Waals surface area contributed by atoms with Gasteiger partial charge in [0.15, 0.2) is 0 Å². The summed E-state index contributed by atoms with van der Waals surface area (Å²) in [6.07, 6.45) is 3.58. The molecule has 2 N–H and O–H groups in total. The zero-order chi connectivity index (χ0) is 11.3. The fourth-order valence-corrected chi connectivity index (χ4v) is 1.31. The average molecular weight is 209 g/mol. The number of nitrogens with two attached hydrogens (primary N) is 1. The summed E-state index contributed by atoms with van der Waals surface area (Å²) in [7, 11) is 0. The summed E-state index contributed by atoms with van der Waals surface area (Å²) in [5.41, 5.74) is 7.87. The van der Waals surface area contributed by atoms with Gasteiger partial charge in [0.25, 0.3) is 0 Å². The van der Waals surface area contributed by atoms with Crippen molar-refractivity contribution in [2.24, 2.45) is 5.73 Å². The summed E-state index contributed by atoms with van der Waals surface area (Å²) in [4.78, 5) is 4.07. The number of aromatic nitrogens is 2. The Labute approximate surface area is 90.8 Å². The smallest absolute Gasteiger partial charge is 0.0949 e. The summed E-state index contributed by atoms with van der Waals surface area (Å²) >= 11 is 0. The predicted molar refractivity (Wildman–Crippen MR) is 60.5 cm³/mol. The maximum absolute atomic E-state index is 5.80. The van der Waals surface area contributed by atoms with Crippen LogP contribution in [0.1, 0.15) is 25.6 Å². The van der Waals surface area contributed by atoms with Crippen LogP contribution in [-0.4, -0.2) is 22.8 Å². The predicted octanol–water partition coefficient (Wildman–Crippen LogP) is 1.50. The Kier molecular flexibility index (Phi) is 4.52. The highest BCUT2D eigenvalue weighted by molar-refractivity contribution is 5.02. The first kappa shape index (κ1) is 11.9. The monoisotopic (exact) mass is 209 g/mol. The molecule has 0 saturated heterocycles. The minimum absolute atomic E-state index is 0.00800. The Bertz CT molecular complexity index is 317. The first-order valence-electron chi connectivity index (χ1n) is 5.09. The highest BCUT2D eigenvalue weighted by Gasteiger charge is 2.05. The van der Waals surface area contributed by atoms with Crippen LogP contribution in [0.2, 0.25) is 0 Å². The number of nitrogens with zero attached hydrogens (tertiary/aromatic N) is 2. The van der Waals surface area contributed by atoms with E-state index in [1.165, 1.54) is 0 Å². The van der Waals surface area contributed by atoms with Gasteiger partial charge in [0.1, 0.15) is 0 Å². The molecular weight excluding hydrogens is 190 g/mol. The second-order valence-electron chi connectivity index (χ2n) is 3.81. The third-order valence-corrected chi connectivity index (χ3v) is 2.04. The lowest BCUT2D eigenvalue weighted by atomic mass is 10.3. The quantitative estimate of drug-likeness (QED) is 0.570. The zero-order valence-corrected chi connectivity index (χ0v) is 9.44. The zero-order valence-electron chi connectivity index (χ0n) is 9.44. The molecule has 0 spiro atoms. The van der Waals surface area contributed by atoms with Crippen molar-refractivity contribution in [3.63, 3.8) is 0 Å². The van der Waals surface area contributed by atoms with Crippen molar-refractivity contribution in [1.82, 2.24) is 9.55 Å². The molecule has 0 bridgehead atoms. The molecule has 0 aliphatic carbocycles. The molecule has 0 saturated carbocycles. The van der Waals surface area contributed by atoms with Crippen LogP contribution in [0.15, 0.2) is 24.7 Å². The second-order valence-corrected chi connectivity index (χ2v) is 3.81. The highest BCUT2D eigenvalue weighted by Crippen LogP contribution is 2.08.